The van der Waals surface area contributed by atoms with Crippen molar-refractivity contribution in [3.63, 3.8) is 0 Å². The Balaban J connectivity index is 1.83. The molecule has 0 saturated carbocycles. The zero-order valence-corrected chi connectivity index (χ0v) is 12.2. The molecule has 3 rings (SSSR count). The van der Waals surface area contributed by atoms with Gasteiger partial charge in [0.1, 0.15) is 5.92 Å². The van der Waals surface area contributed by atoms with Crippen molar-refractivity contribution in [2.75, 3.05) is 0 Å². The van der Waals surface area contributed by atoms with E-state index in [4.69, 9.17) is 11.6 Å². The molecule has 108 valence electrons. The maximum absolute atomic E-state index is 12.2. The number of ketones is 3. The number of carbonyl (C=O) groups is 3. The van der Waals surface area contributed by atoms with Crippen molar-refractivity contribution < 1.29 is 14.4 Å². The zero-order valence-electron chi connectivity index (χ0n) is 11.5. The van der Waals surface area contributed by atoms with Crippen molar-refractivity contribution in [1.29, 1.82) is 0 Å². The molecule has 0 aromatic heterocycles. The molecular formula is C18H11ClO3. The van der Waals surface area contributed by atoms with Gasteiger partial charge in [-0.2, -0.15) is 0 Å². The average molecular weight is 311 g/mol. The van der Waals surface area contributed by atoms with E-state index >= 15 is 0 Å². The number of Topliss-reactive ketones (excluding diaryl/α,β-unsaturated/α-hetero) is 2. The first-order valence-electron chi connectivity index (χ1n) is 6.73. The molecule has 0 bridgehead atoms. The highest BCUT2D eigenvalue weighted by molar-refractivity contribution is 6.37. The van der Waals surface area contributed by atoms with E-state index in [1.165, 1.54) is 6.08 Å². The van der Waals surface area contributed by atoms with Crippen LogP contribution in [0.5, 0.6) is 0 Å². The van der Waals surface area contributed by atoms with Gasteiger partial charge in [0.2, 0.25) is 0 Å². The Labute approximate surface area is 132 Å². The van der Waals surface area contributed by atoms with Crippen LogP contribution in [0.4, 0.5) is 0 Å². The molecule has 0 unspecified atom stereocenters. The van der Waals surface area contributed by atoms with E-state index in [0.717, 1.165) is 5.56 Å². The maximum atomic E-state index is 12.2. The summed E-state index contributed by atoms with van der Waals surface area (Å²) in [5.41, 5.74) is 1.42. The summed E-state index contributed by atoms with van der Waals surface area (Å²) >= 11 is 5.79. The van der Waals surface area contributed by atoms with Gasteiger partial charge in [0.25, 0.3) is 0 Å². The fourth-order valence-corrected chi connectivity index (χ4v) is 2.58. The molecular weight excluding hydrogens is 300 g/mol. The largest absolute Gasteiger partial charge is 0.294 e. The fourth-order valence-electron chi connectivity index (χ4n) is 2.45. The maximum Gasteiger partial charge on any atom is 0.182 e. The molecule has 1 aliphatic carbocycles. The van der Waals surface area contributed by atoms with Crippen LogP contribution in [0.15, 0.2) is 54.6 Å². The summed E-state index contributed by atoms with van der Waals surface area (Å²) in [6, 6.07) is 13.4. The second-order valence-corrected chi connectivity index (χ2v) is 5.43. The van der Waals surface area contributed by atoms with Crippen LogP contribution in [0.25, 0.3) is 6.08 Å². The van der Waals surface area contributed by atoms with E-state index in [1.807, 2.05) is 0 Å². The van der Waals surface area contributed by atoms with Crippen LogP contribution >= 0.6 is 11.6 Å². The second kappa shape index (κ2) is 5.70. The summed E-state index contributed by atoms with van der Waals surface area (Å²) in [5, 5.41) is 0.597. The molecule has 0 amide bonds. The molecule has 0 fully saturated rings. The summed E-state index contributed by atoms with van der Waals surface area (Å²) in [6.45, 7) is 0. The molecule has 2 aromatic rings. The van der Waals surface area contributed by atoms with Crippen molar-refractivity contribution >= 4 is 35.0 Å². The summed E-state index contributed by atoms with van der Waals surface area (Å²) in [5.74, 6) is -2.60. The first-order valence-corrected chi connectivity index (χ1v) is 7.10. The molecule has 3 nitrogen and oxygen atoms in total. The Hall–Kier alpha value is -2.52. The van der Waals surface area contributed by atoms with Gasteiger partial charge in [-0.15, -0.1) is 0 Å². The van der Waals surface area contributed by atoms with Crippen molar-refractivity contribution in [1.82, 2.24) is 0 Å². The van der Waals surface area contributed by atoms with Crippen LogP contribution in [0.3, 0.4) is 0 Å². The molecule has 4 heteroatoms. The zero-order chi connectivity index (χ0) is 15.7. The van der Waals surface area contributed by atoms with Crippen LogP contribution in [0.1, 0.15) is 26.3 Å². The highest BCUT2D eigenvalue weighted by Crippen LogP contribution is 2.27. The minimum absolute atomic E-state index is 0.325. The molecule has 0 saturated heterocycles. The van der Waals surface area contributed by atoms with Crippen molar-refractivity contribution in [2.45, 2.75) is 0 Å². The first-order chi connectivity index (χ1) is 10.6. The number of halogens is 1. The highest BCUT2D eigenvalue weighted by Gasteiger charge is 2.41. The van der Waals surface area contributed by atoms with E-state index in [2.05, 4.69) is 0 Å². The quantitative estimate of drug-likeness (QED) is 0.642. The van der Waals surface area contributed by atoms with E-state index in [9.17, 15) is 14.4 Å². The van der Waals surface area contributed by atoms with Crippen LogP contribution < -0.4 is 0 Å². The number of rotatable bonds is 3. The van der Waals surface area contributed by atoms with Gasteiger partial charge < -0.3 is 0 Å². The Kier molecular flexibility index (Phi) is 3.73. The molecule has 1 aliphatic rings. The molecule has 0 radical (unpaired) electrons. The average Bonchev–Trinajstić information content (AvgIpc) is 2.79. The predicted octanol–water partition coefficient (Wildman–Crippen LogP) is 3.62. The van der Waals surface area contributed by atoms with Crippen molar-refractivity contribution in [2.24, 2.45) is 5.92 Å². The molecule has 2 aromatic carbocycles. The fraction of sp³-hybridized carbons (Fsp3) is 0.0556. The lowest BCUT2D eigenvalue weighted by atomic mass is 9.97. The number of fused-ring (bicyclic) bond motifs is 1. The van der Waals surface area contributed by atoms with Crippen LogP contribution in [-0.2, 0) is 4.79 Å². The predicted molar refractivity (Wildman–Crippen MR) is 84.1 cm³/mol. The molecule has 0 atom stereocenters. The Morgan fingerprint density at radius 1 is 0.909 bits per heavy atom. The second-order valence-electron chi connectivity index (χ2n) is 4.99. The van der Waals surface area contributed by atoms with Crippen molar-refractivity contribution in [3.8, 4) is 0 Å². The van der Waals surface area contributed by atoms with Gasteiger partial charge in [-0.05, 0) is 23.8 Å². The number of benzene rings is 2. The third kappa shape index (κ3) is 2.51. The van der Waals surface area contributed by atoms with Gasteiger partial charge >= 0.3 is 0 Å². The number of hydrogen-bond donors (Lipinski definition) is 0. The first kappa shape index (κ1) is 14.4. The minimum Gasteiger partial charge on any atom is -0.294 e. The summed E-state index contributed by atoms with van der Waals surface area (Å²) in [7, 11) is 0. The molecule has 0 aliphatic heterocycles. The minimum atomic E-state index is -1.25. The Bertz CT molecular complexity index is 768. The van der Waals surface area contributed by atoms with E-state index in [-0.39, 0.29) is 0 Å². The van der Waals surface area contributed by atoms with E-state index in [0.29, 0.717) is 16.1 Å². The third-order valence-electron chi connectivity index (χ3n) is 3.58. The number of hydrogen-bond acceptors (Lipinski definition) is 3. The topological polar surface area (TPSA) is 51.2 Å². The van der Waals surface area contributed by atoms with Gasteiger partial charge in [0.05, 0.1) is 0 Å². The molecule has 0 heterocycles. The van der Waals surface area contributed by atoms with Gasteiger partial charge in [-0.3, -0.25) is 14.4 Å². The van der Waals surface area contributed by atoms with Crippen LogP contribution in [0.2, 0.25) is 5.02 Å². The lowest BCUT2D eigenvalue weighted by molar-refractivity contribution is -0.115. The highest BCUT2D eigenvalue weighted by atomic mass is 35.5. The van der Waals surface area contributed by atoms with E-state index in [1.54, 1.807) is 54.6 Å². The third-order valence-corrected chi connectivity index (χ3v) is 3.83. The van der Waals surface area contributed by atoms with E-state index < -0.39 is 23.3 Å². The normalized spacial score (nSPS) is 14.6. The van der Waals surface area contributed by atoms with Gasteiger partial charge in [-0.1, -0.05) is 54.1 Å². The van der Waals surface area contributed by atoms with Crippen LogP contribution in [-0.4, -0.2) is 17.3 Å². The Morgan fingerprint density at radius 2 is 1.45 bits per heavy atom. The molecule has 0 spiro atoms. The number of allylic oxidation sites excluding steroid dienone is 1. The number of carbonyl (C=O) groups excluding carboxylic acids is 3. The van der Waals surface area contributed by atoms with Crippen LogP contribution in [0, 0.1) is 5.92 Å². The smallest absolute Gasteiger partial charge is 0.182 e. The lowest BCUT2D eigenvalue weighted by Gasteiger charge is -2.01. The molecule has 22 heavy (non-hydrogen) atoms. The lowest BCUT2D eigenvalue weighted by Crippen LogP contribution is -2.23. The monoisotopic (exact) mass is 310 g/mol. The van der Waals surface area contributed by atoms with Gasteiger partial charge in [0, 0.05) is 16.1 Å². The SMILES string of the molecule is O=C(C=Cc1ccc(Cl)cc1)C1C(=O)c2ccccc2C1=O. The van der Waals surface area contributed by atoms with Crippen molar-refractivity contribution in [3.05, 3.63) is 76.3 Å². The standard InChI is InChI=1S/C18H11ClO3/c19-12-8-5-11(6-9-12)7-10-15(20)16-17(21)13-3-1-2-4-14(13)18(16)22/h1-10,16H. The van der Waals surface area contributed by atoms with Gasteiger partial charge in [0.15, 0.2) is 17.3 Å². The Morgan fingerprint density at radius 3 is 2.00 bits per heavy atom. The summed E-state index contributed by atoms with van der Waals surface area (Å²) in [6.07, 6.45) is 2.85. The summed E-state index contributed by atoms with van der Waals surface area (Å²) in [4.78, 5) is 36.6. The summed E-state index contributed by atoms with van der Waals surface area (Å²) < 4.78 is 0. The van der Waals surface area contributed by atoms with Gasteiger partial charge in [-0.25, -0.2) is 0 Å². The molecule has 0 N–H and O–H groups in total.